The zero-order chi connectivity index (χ0) is 15.0. The fraction of sp³-hybridized carbons (Fsp3) is 1.00. The SMILES string of the molecule is CC1CCCCC1OCC(O)CNCCN(C)C(C)C. The first-order valence-electron chi connectivity index (χ1n) is 8.21. The largest absolute Gasteiger partial charge is 0.389 e. The van der Waals surface area contributed by atoms with Gasteiger partial charge in [0.1, 0.15) is 0 Å². The van der Waals surface area contributed by atoms with Crippen molar-refractivity contribution < 1.29 is 9.84 Å². The molecule has 2 N–H and O–H groups in total. The Morgan fingerprint density at radius 2 is 2.00 bits per heavy atom. The molecule has 3 unspecified atom stereocenters. The highest BCUT2D eigenvalue weighted by atomic mass is 16.5. The first kappa shape index (κ1) is 17.9. The zero-order valence-corrected chi connectivity index (χ0v) is 13.8. The van der Waals surface area contributed by atoms with E-state index >= 15 is 0 Å². The Balaban J connectivity index is 2.04. The standard InChI is InChI=1S/C16H34N2O2/c1-13(2)18(4)10-9-17-11-15(19)12-20-16-8-6-5-7-14(16)3/h13-17,19H,5-12H2,1-4H3. The Morgan fingerprint density at radius 1 is 1.30 bits per heavy atom. The van der Waals surface area contributed by atoms with E-state index in [-0.39, 0.29) is 0 Å². The number of nitrogens with zero attached hydrogens (tertiary/aromatic N) is 1. The van der Waals surface area contributed by atoms with Crippen molar-refractivity contribution in [1.82, 2.24) is 10.2 Å². The summed E-state index contributed by atoms with van der Waals surface area (Å²) < 4.78 is 5.87. The van der Waals surface area contributed by atoms with Gasteiger partial charge >= 0.3 is 0 Å². The van der Waals surface area contributed by atoms with E-state index in [1.165, 1.54) is 19.3 Å². The van der Waals surface area contributed by atoms with Gasteiger partial charge in [-0.15, -0.1) is 0 Å². The molecule has 0 aromatic rings. The molecule has 1 rings (SSSR count). The highest BCUT2D eigenvalue weighted by molar-refractivity contribution is 4.73. The van der Waals surface area contributed by atoms with E-state index in [2.05, 4.69) is 38.0 Å². The summed E-state index contributed by atoms with van der Waals surface area (Å²) >= 11 is 0. The van der Waals surface area contributed by atoms with Crippen LogP contribution < -0.4 is 5.32 Å². The van der Waals surface area contributed by atoms with Gasteiger partial charge in [0.25, 0.3) is 0 Å². The third-order valence-corrected chi connectivity index (χ3v) is 4.44. The second-order valence-electron chi connectivity index (χ2n) is 6.57. The van der Waals surface area contributed by atoms with Crippen LogP contribution in [-0.2, 0) is 4.74 Å². The lowest BCUT2D eigenvalue weighted by Gasteiger charge is -2.29. The number of hydrogen-bond donors (Lipinski definition) is 2. The van der Waals surface area contributed by atoms with E-state index < -0.39 is 6.10 Å². The van der Waals surface area contributed by atoms with E-state index in [0.29, 0.717) is 31.2 Å². The Hall–Kier alpha value is -0.160. The summed E-state index contributed by atoms with van der Waals surface area (Å²) in [5.74, 6) is 0.642. The molecule has 120 valence electrons. The van der Waals surface area contributed by atoms with Gasteiger partial charge in [-0.3, -0.25) is 0 Å². The van der Waals surface area contributed by atoms with Crippen molar-refractivity contribution in [2.75, 3.05) is 33.3 Å². The molecular weight excluding hydrogens is 252 g/mol. The van der Waals surface area contributed by atoms with Crippen molar-refractivity contribution in [3.05, 3.63) is 0 Å². The summed E-state index contributed by atoms with van der Waals surface area (Å²) in [6, 6.07) is 0.567. The van der Waals surface area contributed by atoms with Gasteiger partial charge in [0.05, 0.1) is 18.8 Å². The van der Waals surface area contributed by atoms with E-state index in [9.17, 15) is 5.11 Å². The predicted octanol–water partition coefficient (Wildman–Crippen LogP) is 1.87. The molecule has 0 aromatic heterocycles. The van der Waals surface area contributed by atoms with Crippen LogP contribution in [0.4, 0.5) is 0 Å². The third kappa shape index (κ3) is 7.02. The first-order valence-corrected chi connectivity index (χ1v) is 8.21. The average Bonchev–Trinajstić information content (AvgIpc) is 2.42. The van der Waals surface area contributed by atoms with Crippen LogP contribution in [0.2, 0.25) is 0 Å². The molecule has 0 saturated heterocycles. The molecule has 4 heteroatoms. The van der Waals surface area contributed by atoms with Gasteiger partial charge in [0.15, 0.2) is 0 Å². The summed E-state index contributed by atoms with van der Waals surface area (Å²) in [6.45, 7) is 9.63. The summed E-state index contributed by atoms with van der Waals surface area (Å²) in [5, 5.41) is 13.2. The smallest absolute Gasteiger partial charge is 0.0897 e. The molecule has 0 amide bonds. The number of rotatable bonds is 9. The van der Waals surface area contributed by atoms with Gasteiger partial charge in [-0.2, -0.15) is 0 Å². The second kappa shape index (κ2) is 9.72. The van der Waals surface area contributed by atoms with Gasteiger partial charge in [-0.25, -0.2) is 0 Å². The predicted molar refractivity (Wildman–Crippen MR) is 84.0 cm³/mol. The topological polar surface area (TPSA) is 44.7 Å². The number of hydrogen-bond acceptors (Lipinski definition) is 4. The number of likely N-dealkylation sites (N-methyl/N-ethyl adjacent to an activating group) is 1. The average molecular weight is 286 g/mol. The normalized spacial score (nSPS) is 25.4. The summed E-state index contributed by atoms with van der Waals surface area (Å²) in [4.78, 5) is 2.29. The van der Waals surface area contributed by atoms with Crippen LogP contribution in [0.1, 0.15) is 46.5 Å². The summed E-state index contributed by atoms with van der Waals surface area (Å²) in [6.07, 6.45) is 4.97. The molecule has 0 aromatic carbocycles. The molecule has 0 radical (unpaired) electrons. The second-order valence-corrected chi connectivity index (χ2v) is 6.57. The molecule has 1 aliphatic rings. The van der Waals surface area contributed by atoms with Crippen LogP contribution in [0.15, 0.2) is 0 Å². The minimum absolute atomic E-state index is 0.352. The van der Waals surface area contributed by atoms with E-state index in [0.717, 1.165) is 19.5 Å². The lowest BCUT2D eigenvalue weighted by Crippen LogP contribution is -2.38. The Kier molecular flexibility index (Phi) is 8.69. The van der Waals surface area contributed by atoms with Crippen LogP contribution in [0, 0.1) is 5.92 Å². The Labute approximate surface area is 124 Å². The van der Waals surface area contributed by atoms with Crippen LogP contribution in [0.5, 0.6) is 0 Å². The number of aliphatic hydroxyl groups is 1. The lowest BCUT2D eigenvalue weighted by molar-refractivity contribution is -0.0451. The monoisotopic (exact) mass is 286 g/mol. The maximum absolute atomic E-state index is 9.94. The molecule has 0 bridgehead atoms. The van der Waals surface area contributed by atoms with E-state index in [4.69, 9.17) is 4.74 Å². The maximum atomic E-state index is 9.94. The van der Waals surface area contributed by atoms with Crippen molar-refractivity contribution in [2.45, 2.75) is 64.7 Å². The number of aliphatic hydroxyl groups excluding tert-OH is 1. The molecule has 3 atom stereocenters. The third-order valence-electron chi connectivity index (χ3n) is 4.44. The Morgan fingerprint density at radius 3 is 2.65 bits per heavy atom. The van der Waals surface area contributed by atoms with Crippen molar-refractivity contribution >= 4 is 0 Å². The van der Waals surface area contributed by atoms with Crippen molar-refractivity contribution in [1.29, 1.82) is 0 Å². The summed E-state index contributed by atoms with van der Waals surface area (Å²) in [5.41, 5.74) is 0. The number of ether oxygens (including phenoxy) is 1. The summed E-state index contributed by atoms with van der Waals surface area (Å²) in [7, 11) is 2.12. The molecule has 1 aliphatic carbocycles. The van der Waals surface area contributed by atoms with E-state index in [1.807, 2.05) is 0 Å². The molecule has 1 saturated carbocycles. The van der Waals surface area contributed by atoms with Crippen LogP contribution in [-0.4, -0.2) is 61.5 Å². The maximum Gasteiger partial charge on any atom is 0.0897 e. The van der Waals surface area contributed by atoms with Crippen molar-refractivity contribution in [3.8, 4) is 0 Å². The minimum Gasteiger partial charge on any atom is -0.389 e. The molecule has 0 heterocycles. The Bertz CT molecular complexity index is 249. The van der Waals surface area contributed by atoms with Crippen LogP contribution >= 0.6 is 0 Å². The number of nitrogens with one attached hydrogen (secondary N) is 1. The molecule has 0 spiro atoms. The lowest BCUT2D eigenvalue weighted by atomic mass is 9.88. The molecule has 1 fully saturated rings. The highest BCUT2D eigenvalue weighted by Gasteiger charge is 2.22. The molecule has 20 heavy (non-hydrogen) atoms. The van der Waals surface area contributed by atoms with Gasteiger partial charge in [-0.05, 0) is 39.7 Å². The van der Waals surface area contributed by atoms with E-state index in [1.54, 1.807) is 0 Å². The van der Waals surface area contributed by atoms with Gasteiger partial charge in [0.2, 0.25) is 0 Å². The highest BCUT2D eigenvalue weighted by Crippen LogP contribution is 2.26. The van der Waals surface area contributed by atoms with Crippen LogP contribution in [0.3, 0.4) is 0 Å². The molecule has 4 nitrogen and oxygen atoms in total. The van der Waals surface area contributed by atoms with Crippen LogP contribution in [0.25, 0.3) is 0 Å². The molecule has 0 aliphatic heterocycles. The first-order chi connectivity index (χ1) is 9.50. The van der Waals surface area contributed by atoms with Crippen molar-refractivity contribution in [2.24, 2.45) is 5.92 Å². The van der Waals surface area contributed by atoms with Gasteiger partial charge < -0.3 is 20.1 Å². The minimum atomic E-state index is -0.395. The van der Waals surface area contributed by atoms with Gasteiger partial charge in [0, 0.05) is 25.7 Å². The molecular formula is C16H34N2O2. The quantitative estimate of drug-likeness (QED) is 0.635. The van der Waals surface area contributed by atoms with Crippen molar-refractivity contribution in [3.63, 3.8) is 0 Å². The fourth-order valence-electron chi connectivity index (χ4n) is 2.61. The zero-order valence-electron chi connectivity index (χ0n) is 13.8. The van der Waals surface area contributed by atoms with Gasteiger partial charge in [-0.1, -0.05) is 19.8 Å². The fourth-order valence-corrected chi connectivity index (χ4v) is 2.61.